The van der Waals surface area contributed by atoms with Gasteiger partial charge in [0.1, 0.15) is 0 Å². The Hall–Kier alpha value is -1.89. The number of ether oxygens (including phenoxy) is 1. The molecule has 0 aromatic carbocycles. The second kappa shape index (κ2) is 6.15. The monoisotopic (exact) mass is 256 g/mol. The molecule has 0 aliphatic heterocycles. The fourth-order valence-electron chi connectivity index (χ4n) is 1.41. The largest absolute Gasteiger partial charge is 0.475 e. The summed E-state index contributed by atoms with van der Waals surface area (Å²) >= 11 is 0. The summed E-state index contributed by atoms with van der Waals surface area (Å²) in [5.41, 5.74) is -0.0165. The highest BCUT2D eigenvalue weighted by Crippen LogP contribution is 2.09. The van der Waals surface area contributed by atoms with E-state index < -0.39 is 5.97 Å². The number of carboxylic acids is 1. The van der Waals surface area contributed by atoms with Gasteiger partial charge in [-0.3, -0.25) is 4.79 Å². The van der Waals surface area contributed by atoms with Crippen LogP contribution in [0.2, 0.25) is 0 Å². The molecule has 0 aliphatic carbocycles. The molecule has 0 radical (unpaired) electrons. The molecule has 0 bridgehead atoms. The van der Waals surface area contributed by atoms with Crippen LogP contribution in [-0.4, -0.2) is 53.3 Å². The molecule has 1 amide bonds. The van der Waals surface area contributed by atoms with Crippen molar-refractivity contribution in [2.24, 2.45) is 0 Å². The molecule has 0 unspecified atom stereocenters. The van der Waals surface area contributed by atoms with Gasteiger partial charge < -0.3 is 19.3 Å². The number of aromatic nitrogens is 1. The molecule has 0 saturated carbocycles. The molecule has 1 aromatic rings. The van der Waals surface area contributed by atoms with Gasteiger partial charge in [0.05, 0.1) is 6.61 Å². The number of carbonyl (C=O) groups excluding carboxylic acids is 1. The zero-order valence-corrected chi connectivity index (χ0v) is 10.5. The van der Waals surface area contributed by atoms with Crippen molar-refractivity contribution in [1.82, 2.24) is 10.1 Å². The van der Waals surface area contributed by atoms with E-state index in [1.807, 2.05) is 13.8 Å². The first-order valence-electron chi connectivity index (χ1n) is 5.47. The van der Waals surface area contributed by atoms with Crippen molar-refractivity contribution in [3.05, 3.63) is 17.5 Å². The topological polar surface area (TPSA) is 92.9 Å². The predicted octanol–water partition coefficient (Wildman–Crippen LogP) is 0.870. The molecule has 0 fully saturated rings. The molecule has 0 atom stereocenters. The van der Waals surface area contributed by atoms with E-state index >= 15 is 0 Å². The Morgan fingerprint density at radius 3 is 2.67 bits per heavy atom. The Morgan fingerprint density at radius 2 is 2.22 bits per heavy atom. The first-order valence-corrected chi connectivity index (χ1v) is 5.47. The van der Waals surface area contributed by atoms with E-state index in [2.05, 4.69) is 9.68 Å². The number of carboxylic acid groups (broad SMARTS) is 1. The number of nitrogens with zero attached hydrogens (tertiary/aromatic N) is 2. The summed E-state index contributed by atoms with van der Waals surface area (Å²) in [4.78, 5) is 24.3. The van der Waals surface area contributed by atoms with Crippen molar-refractivity contribution in [3.63, 3.8) is 0 Å². The van der Waals surface area contributed by atoms with Crippen molar-refractivity contribution >= 4 is 11.9 Å². The molecule has 18 heavy (non-hydrogen) atoms. The molecular formula is C11H16N2O5. The molecular weight excluding hydrogens is 240 g/mol. The summed E-state index contributed by atoms with van der Waals surface area (Å²) in [6, 6.07) is 1.07. The normalized spacial score (nSPS) is 10.7. The van der Waals surface area contributed by atoms with Gasteiger partial charge >= 0.3 is 5.97 Å². The van der Waals surface area contributed by atoms with Gasteiger partial charge in [0.15, 0.2) is 5.69 Å². The van der Waals surface area contributed by atoms with Crippen LogP contribution >= 0.6 is 0 Å². The second-order valence-electron chi connectivity index (χ2n) is 3.97. The zero-order chi connectivity index (χ0) is 13.7. The Bertz CT molecular complexity index is 427. The van der Waals surface area contributed by atoms with Crippen LogP contribution in [0.1, 0.15) is 34.9 Å². The number of methoxy groups -OCH3 is 1. The summed E-state index contributed by atoms with van der Waals surface area (Å²) in [7, 11) is 1.54. The maximum atomic E-state index is 12.1. The number of rotatable bonds is 6. The van der Waals surface area contributed by atoms with E-state index in [1.165, 1.54) is 4.90 Å². The van der Waals surface area contributed by atoms with Gasteiger partial charge in [-0.05, 0) is 13.8 Å². The molecule has 0 aliphatic rings. The number of amides is 1. The van der Waals surface area contributed by atoms with Crippen molar-refractivity contribution in [3.8, 4) is 0 Å². The van der Waals surface area contributed by atoms with E-state index in [0.29, 0.717) is 13.2 Å². The lowest BCUT2D eigenvalue weighted by atomic mass is 10.2. The fourth-order valence-corrected chi connectivity index (χ4v) is 1.41. The molecule has 1 aromatic heterocycles. The van der Waals surface area contributed by atoms with Crippen molar-refractivity contribution < 1.29 is 24.0 Å². The molecule has 1 heterocycles. The van der Waals surface area contributed by atoms with Crippen molar-refractivity contribution in [1.29, 1.82) is 0 Å². The van der Waals surface area contributed by atoms with Crippen LogP contribution in [0.25, 0.3) is 0 Å². The quantitative estimate of drug-likeness (QED) is 0.811. The van der Waals surface area contributed by atoms with Gasteiger partial charge in [-0.15, -0.1) is 0 Å². The van der Waals surface area contributed by atoms with E-state index in [-0.39, 0.29) is 23.4 Å². The van der Waals surface area contributed by atoms with Gasteiger partial charge in [0.2, 0.25) is 5.76 Å². The SMILES string of the molecule is COCCN(C(=O)c1cc(C(=O)O)on1)C(C)C. The van der Waals surface area contributed by atoms with Gasteiger partial charge in [0, 0.05) is 25.8 Å². The average molecular weight is 256 g/mol. The Kier molecular flexibility index (Phi) is 4.85. The van der Waals surface area contributed by atoms with Gasteiger partial charge in [0.25, 0.3) is 5.91 Å². The minimum absolute atomic E-state index is 0.0165. The van der Waals surface area contributed by atoms with Gasteiger partial charge in [-0.2, -0.15) is 0 Å². The molecule has 1 N–H and O–H groups in total. The summed E-state index contributed by atoms with van der Waals surface area (Å²) in [5, 5.41) is 12.2. The minimum atomic E-state index is -1.26. The lowest BCUT2D eigenvalue weighted by molar-refractivity contribution is 0.0616. The maximum Gasteiger partial charge on any atom is 0.374 e. The highest BCUT2D eigenvalue weighted by molar-refractivity contribution is 5.95. The smallest absolute Gasteiger partial charge is 0.374 e. The lowest BCUT2D eigenvalue weighted by Crippen LogP contribution is -2.39. The molecule has 7 nitrogen and oxygen atoms in total. The zero-order valence-electron chi connectivity index (χ0n) is 10.5. The van der Waals surface area contributed by atoms with Crippen molar-refractivity contribution in [2.45, 2.75) is 19.9 Å². The number of hydrogen-bond donors (Lipinski definition) is 1. The minimum Gasteiger partial charge on any atom is -0.475 e. The van der Waals surface area contributed by atoms with E-state index in [1.54, 1.807) is 7.11 Å². The first kappa shape index (κ1) is 14.2. The van der Waals surface area contributed by atoms with Gasteiger partial charge in [-0.1, -0.05) is 5.16 Å². The molecule has 1 rings (SSSR count). The summed E-state index contributed by atoms with van der Waals surface area (Å²) in [5.74, 6) is -1.98. The lowest BCUT2D eigenvalue weighted by Gasteiger charge is -2.25. The molecule has 0 saturated heterocycles. The highest BCUT2D eigenvalue weighted by atomic mass is 16.5. The highest BCUT2D eigenvalue weighted by Gasteiger charge is 2.23. The van der Waals surface area contributed by atoms with Crippen LogP contribution in [0.4, 0.5) is 0 Å². The van der Waals surface area contributed by atoms with Crippen molar-refractivity contribution in [2.75, 3.05) is 20.3 Å². The third-order valence-electron chi connectivity index (χ3n) is 2.36. The van der Waals surface area contributed by atoms with E-state index in [4.69, 9.17) is 9.84 Å². The second-order valence-corrected chi connectivity index (χ2v) is 3.97. The molecule has 100 valence electrons. The maximum absolute atomic E-state index is 12.1. The van der Waals surface area contributed by atoms with Crippen LogP contribution in [0.15, 0.2) is 10.6 Å². The fraction of sp³-hybridized carbons (Fsp3) is 0.545. The third kappa shape index (κ3) is 3.30. The van der Waals surface area contributed by atoms with Crippen LogP contribution in [-0.2, 0) is 4.74 Å². The standard InChI is InChI=1S/C11H16N2O5/c1-7(2)13(4-5-17-3)10(14)8-6-9(11(15)16)18-12-8/h6-7H,4-5H2,1-3H3,(H,15,16). The number of carbonyl (C=O) groups is 2. The van der Waals surface area contributed by atoms with E-state index in [9.17, 15) is 9.59 Å². The molecule has 0 spiro atoms. The van der Waals surface area contributed by atoms with Crippen LogP contribution in [0, 0.1) is 0 Å². The summed E-state index contributed by atoms with van der Waals surface area (Å²) in [6.07, 6.45) is 0. The summed E-state index contributed by atoms with van der Waals surface area (Å²) in [6.45, 7) is 4.51. The van der Waals surface area contributed by atoms with Crippen LogP contribution in [0.3, 0.4) is 0 Å². The number of hydrogen-bond acceptors (Lipinski definition) is 5. The third-order valence-corrected chi connectivity index (χ3v) is 2.36. The Balaban J connectivity index is 2.84. The van der Waals surface area contributed by atoms with Gasteiger partial charge in [-0.25, -0.2) is 4.79 Å². The Morgan fingerprint density at radius 1 is 1.56 bits per heavy atom. The first-order chi connectivity index (χ1) is 8.47. The average Bonchev–Trinajstić information content (AvgIpc) is 2.78. The van der Waals surface area contributed by atoms with Crippen LogP contribution in [0.5, 0.6) is 0 Å². The molecule has 7 heteroatoms. The number of aromatic carboxylic acids is 1. The summed E-state index contributed by atoms with van der Waals surface area (Å²) < 4.78 is 9.47. The van der Waals surface area contributed by atoms with E-state index in [0.717, 1.165) is 6.07 Å². The van der Waals surface area contributed by atoms with Crippen LogP contribution < -0.4 is 0 Å². The Labute approximate surface area is 104 Å². The predicted molar refractivity (Wildman–Crippen MR) is 61.5 cm³/mol.